The van der Waals surface area contributed by atoms with Gasteiger partial charge in [0.25, 0.3) is 0 Å². The molecule has 0 amide bonds. The molecule has 0 fully saturated rings. The number of benzene rings is 1. The first kappa shape index (κ1) is 14.7. The van der Waals surface area contributed by atoms with Crippen molar-refractivity contribution in [2.45, 2.75) is 38.1 Å². The highest BCUT2D eigenvalue weighted by atomic mass is 16.1. The molecule has 0 saturated carbocycles. The van der Waals surface area contributed by atoms with E-state index in [1.165, 1.54) is 0 Å². The minimum Gasteiger partial charge on any atom is -0.321 e. The monoisotopic (exact) mass is 269 g/mol. The molecule has 20 heavy (non-hydrogen) atoms. The molecule has 0 bridgehead atoms. The predicted octanol–water partition coefficient (Wildman–Crippen LogP) is 3.89. The Morgan fingerprint density at radius 1 is 1.20 bits per heavy atom. The van der Waals surface area contributed by atoms with Crippen LogP contribution in [0.2, 0.25) is 0 Å². The van der Waals surface area contributed by atoms with E-state index >= 15 is 0 Å². The molecule has 1 aliphatic carbocycles. The molecule has 2 N–H and O–H groups in total. The summed E-state index contributed by atoms with van der Waals surface area (Å²) in [6.45, 7) is 2.17. The molecule has 1 aromatic carbocycles. The molecule has 0 aromatic heterocycles. The van der Waals surface area contributed by atoms with Gasteiger partial charge in [0.1, 0.15) is 0 Å². The summed E-state index contributed by atoms with van der Waals surface area (Å²) in [6, 6.07) is 9.43. The van der Waals surface area contributed by atoms with Gasteiger partial charge in [-0.1, -0.05) is 80.8 Å². The van der Waals surface area contributed by atoms with E-state index in [2.05, 4.69) is 6.92 Å². The molecular formula is C18H23NO. The molecule has 0 spiro atoms. The Bertz CT molecular complexity index is 503. The lowest BCUT2D eigenvalue weighted by molar-refractivity contribution is 0.0904. The molecule has 2 rings (SSSR count). The molecule has 2 atom stereocenters. The molecule has 2 nitrogen and oxygen atoms in total. The van der Waals surface area contributed by atoms with Gasteiger partial charge in [-0.25, -0.2) is 0 Å². The lowest BCUT2D eigenvalue weighted by Gasteiger charge is -2.34. The summed E-state index contributed by atoms with van der Waals surface area (Å²) in [4.78, 5) is 12.7. The Hall–Kier alpha value is -1.67. The number of carbonyl (C=O) groups excluding carboxylic acids is 1. The number of unbranched alkanes of at least 4 members (excludes halogenated alkanes) is 2. The van der Waals surface area contributed by atoms with E-state index in [9.17, 15) is 4.79 Å². The van der Waals surface area contributed by atoms with Gasteiger partial charge in [-0.3, -0.25) is 4.79 Å². The van der Waals surface area contributed by atoms with Crippen LogP contribution in [0.5, 0.6) is 0 Å². The first-order valence-corrected chi connectivity index (χ1v) is 7.41. The fourth-order valence-corrected chi connectivity index (χ4v) is 2.73. The number of ketones is 1. The first-order valence-electron chi connectivity index (χ1n) is 7.41. The van der Waals surface area contributed by atoms with Crippen LogP contribution in [0.4, 0.5) is 0 Å². The third-order valence-electron chi connectivity index (χ3n) is 3.95. The van der Waals surface area contributed by atoms with Crippen molar-refractivity contribution in [3.63, 3.8) is 0 Å². The van der Waals surface area contributed by atoms with E-state index in [0.29, 0.717) is 0 Å². The van der Waals surface area contributed by atoms with E-state index < -0.39 is 5.54 Å². The van der Waals surface area contributed by atoms with Crippen LogP contribution in [0.1, 0.15) is 43.0 Å². The van der Waals surface area contributed by atoms with E-state index in [1.54, 1.807) is 0 Å². The van der Waals surface area contributed by atoms with Gasteiger partial charge >= 0.3 is 0 Å². The Labute approximate surface area is 121 Å². The maximum absolute atomic E-state index is 12.7. The average Bonchev–Trinajstić information content (AvgIpc) is 2.48. The number of hydrogen-bond donors (Lipinski definition) is 1. The maximum atomic E-state index is 12.7. The van der Waals surface area contributed by atoms with Crippen molar-refractivity contribution >= 4 is 5.78 Å². The molecule has 0 radical (unpaired) electrons. The molecule has 2 heteroatoms. The Kier molecular flexibility index (Phi) is 4.91. The van der Waals surface area contributed by atoms with Crippen LogP contribution >= 0.6 is 0 Å². The minimum absolute atomic E-state index is 0.116. The van der Waals surface area contributed by atoms with Crippen LogP contribution in [0, 0.1) is 5.92 Å². The van der Waals surface area contributed by atoms with Crippen molar-refractivity contribution in [1.29, 1.82) is 0 Å². The van der Waals surface area contributed by atoms with Gasteiger partial charge in [-0.2, -0.15) is 0 Å². The number of nitrogens with two attached hydrogens (primary N) is 1. The summed E-state index contributed by atoms with van der Waals surface area (Å²) in [5.41, 5.74) is 6.72. The van der Waals surface area contributed by atoms with Crippen molar-refractivity contribution in [2.75, 3.05) is 0 Å². The smallest absolute Gasteiger partial charge is 0.171 e. The lowest BCUT2D eigenvalue weighted by atomic mass is 9.74. The Balaban J connectivity index is 2.17. The van der Waals surface area contributed by atoms with Crippen LogP contribution in [-0.4, -0.2) is 11.3 Å². The highest BCUT2D eigenvalue weighted by Gasteiger charge is 2.36. The lowest BCUT2D eigenvalue weighted by Crippen LogP contribution is -2.48. The molecule has 2 unspecified atom stereocenters. The topological polar surface area (TPSA) is 43.1 Å². The number of hydrogen-bond acceptors (Lipinski definition) is 2. The number of allylic oxidation sites excluding steroid dienone is 2. The fraction of sp³-hybridized carbons (Fsp3) is 0.389. The van der Waals surface area contributed by atoms with Gasteiger partial charge < -0.3 is 5.73 Å². The zero-order chi connectivity index (χ0) is 14.4. The number of carbonyl (C=O) groups is 1. The van der Waals surface area contributed by atoms with Gasteiger partial charge in [0.05, 0.1) is 5.92 Å². The second kappa shape index (κ2) is 6.67. The second-order valence-electron chi connectivity index (χ2n) is 5.52. The van der Waals surface area contributed by atoms with Crippen molar-refractivity contribution in [3.05, 3.63) is 60.2 Å². The second-order valence-corrected chi connectivity index (χ2v) is 5.52. The van der Waals surface area contributed by atoms with Crippen LogP contribution < -0.4 is 5.73 Å². The Morgan fingerprint density at radius 3 is 2.65 bits per heavy atom. The van der Waals surface area contributed by atoms with E-state index in [0.717, 1.165) is 31.2 Å². The van der Waals surface area contributed by atoms with E-state index in [4.69, 9.17) is 5.73 Å². The standard InChI is InChI=1S/C18H23NO/c1-2-3-8-13-18(19)14-9-7-12-16(18)17(20)15-10-5-4-6-11-15/h4-7,9-12,14,16H,2-3,8,13,19H2,1H3. The largest absolute Gasteiger partial charge is 0.321 e. The van der Waals surface area contributed by atoms with Gasteiger partial charge in [0.2, 0.25) is 0 Å². The first-order chi connectivity index (χ1) is 9.67. The zero-order valence-corrected chi connectivity index (χ0v) is 12.1. The van der Waals surface area contributed by atoms with Gasteiger partial charge in [0.15, 0.2) is 5.78 Å². The highest BCUT2D eigenvalue weighted by molar-refractivity contribution is 6.00. The van der Waals surface area contributed by atoms with Crippen molar-refractivity contribution < 1.29 is 4.79 Å². The third-order valence-corrected chi connectivity index (χ3v) is 3.95. The fourth-order valence-electron chi connectivity index (χ4n) is 2.73. The SMILES string of the molecule is CCCCCC1(N)C=CC=CC1C(=O)c1ccccc1. The maximum Gasteiger partial charge on any atom is 0.171 e. The van der Waals surface area contributed by atoms with E-state index in [1.807, 2.05) is 54.6 Å². The normalized spacial score (nSPS) is 24.8. The third kappa shape index (κ3) is 3.26. The van der Waals surface area contributed by atoms with Gasteiger partial charge in [-0.15, -0.1) is 0 Å². The van der Waals surface area contributed by atoms with Crippen molar-refractivity contribution in [3.8, 4) is 0 Å². The highest BCUT2D eigenvalue weighted by Crippen LogP contribution is 2.30. The van der Waals surface area contributed by atoms with Crippen molar-refractivity contribution in [1.82, 2.24) is 0 Å². The Morgan fingerprint density at radius 2 is 1.95 bits per heavy atom. The molecule has 1 aliphatic rings. The molecule has 106 valence electrons. The van der Waals surface area contributed by atoms with Crippen LogP contribution in [0.25, 0.3) is 0 Å². The molecule has 0 heterocycles. The van der Waals surface area contributed by atoms with Crippen molar-refractivity contribution in [2.24, 2.45) is 11.7 Å². The predicted molar refractivity (Wildman–Crippen MR) is 83.6 cm³/mol. The summed E-state index contributed by atoms with van der Waals surface area (Å²) < 4.78 is 0. The minimum atomic E-state index is -0.545. The van der Waals surface area contributed by atoms with Crippen LogP contribution in [0.15, 0.2) is 54.6 Å². The van der Waals surface area contributed by atoms with Crippen LogP contribution in [-0.2, 0) is 0 Å². The van der Waals surface area contributed by atoms with E-state index in [-0.39, 0.29) is 11.7 Å². The molecule has 0 aliphatic heterocycles. The quantitative estimate of drug-likeness (QED) is 0.629. The average molecular weight is 269 g/mol. The number of Topliss-reactive ketones (excluding diaryl/α,β-unsaturated/α-hetero) is 1. The summed E-state index contributed by atoms with van der Waals surface area (Å²) in [6.07, 6.45) is 12.1. The van der Waals surface area contributed by atoms with Gasteiger partial charge in [-0.05, 0) is 6.42 Å². The molecular weight excluding hydrogens is 246 g/mol. The molecule has 1 aromatic rings. The van der Waals surface area contributed by atoms with Gasteiger partial charge in [0, 0.05) is 11.1 Å². The molecule has 0 saturated heterocycles. The summed E-state index contributed by atoms with van der Waals surface area (Å²) >= 11 is 0. The zero-order valence-electron chi connectivity index (χ0n) is 12.1. The summed E-state index contributed by atoms with van der Waals surface area (Å²) in [5.74, 6) is -0.142. The summed E-state index contributed by atoms with van der Waals surface area (Å²) in [7, 11) is 0. The van der Waals surface area contributed by atoms with Crippen LogP contribution in [0.3, 0.4) is 0 Å². The summed E-state index contributed by atoms with van der Waals surface area (Å²) in [5, 5.41) is 0. The number of rotatable bonds is 6.